The molecule has 3 rings (SSSR count). The molecule has 0 aliphatic carbocycles. The van der Waals surface area contributed by atoms with Gasteiger partial charge in [-0.1, -0.05) is 23.7 Å². The van der Waals surface area contributed by atoms with Crippen LogP contribution in [0.5, 0.6) is 0 Å². The second-order valence-electron chi connectivity index (χ2n) is 4.70. The summed E-state index contributed by atoms with van der Waals surface area (Å²) in [5, 5.41) is 0.668. The minimum Gasteiger partial charge on any atom is -0.463 e. The normalized spacial score (nSPS) is 11.8. The third-order valence-corrected chi connectivity index (χ3v) is 3.47. The Morgan fingerprint density at radius 1 is 1.05 bits per heavy atom. The Bertz CT molecular complexity index is 913. The second-order valence-corrected chi connectivity index (χ2v) is 5.13. The van der Waals surface area contributed by atoms with Gasteiger partial charge in [0.1, 0.15) is 11.8 Å². The van der Waals surface area contributed by atoms with Crippen molar-refractivity contribution >= 4 is 22.6 Å². The van der Waals surface area contributed by atoms with Crippen LogP contribution in [-0.2, 0) is 6.18 Å². The standard InChI is InChI=1S/C16H8ClF3O2/c17-11-4-5-12-14(7-11)22-8-13(15(12)21)9-2-1-3-10(6-9)16(18,19)20/h1-8H. The predicted octanol–water partition coefficient (Wildman–Crippen LogP) is 5.13. The summed E-state index contributed by atoms with van der Waals surface area (Å²) in [5.74, 6) is 0. The van der Waals surface area contributed by atoms with E-state index in [1.807, 2.05) is 0 Å². The zero-order valence-corrected chi connectivity index (χ0v) is 11.7. The highest BCUT2D eigenvalue weighted by molar-refractivity contribution is 6.31. The summed E-state index contributed by atoms with van der Waals surface area (Å²) in [6.45, 7) is 0. The van der Waals surface area contributed by atoms with Gasteiger partial charge in [0.25, 0.3) is 0 Å². The molecule has 2 nitrogen and oxygen atoms in total. The van der Waals surface area contributed by atoms with E-state index in [4.69, 9.17) is 16.0 Å². The van der Waals surface area contributed by atoms with Gasteiger partial charge in [-0.05, 0) is 29.8 Å². The van der Waals surface area contributed by atoms with E-state index in [2.05, 4.69) is 0 Å². The molecule has 0 atom stereocenters. The summed E-state index contributed by atoms with van der Waals surface area (Å²) in [6.07, 6.45) is -3.32. The zero-order valence-electron chi connectivity index (χ0n) is 10.9. The number of alkyl halides is 3. The van der Waals surface area contributed by atoms with Crippen molar-refractivity contribution in [3.63, 3.8) is 0 Å². The Morgan fingerprint density at radius 3 is 2.55 bits per heavy atom. The zero-order chi connectivity index (χ0) is 15.9. The van der Waals surface area contributed by atoms with Crippen molar-refractivity contribution in [2.45, 2.75) is 6.18 Å². The Labute approximate surface area is 127 Å². The number of halogens is 4. The molecule has 0 radical (unpaired) electrons. The van der Waals surface area contributed by atoms with Crippen LogP contribution in [0, 0.1) is 0 Å². The lowest BCUT2D eigenvalue weighted by Gasteiger charge is -2.08. The van der Waals surface area contributed by atoms with Crippen molar-refractivity contribution in [3.05, 3.63) is 69.5 Å². The summed E-state index contributed by atoms with van der Waals surface area (Å²) in [4.78, 5) is 12.4. The fourth-order valence-corrected chi connectivity index (χ4v) is 2.33. The summed E-state index contributed by atoms with van der Waals surface area (Å²) in [5.41, 5.74) is -0.715. The monoisotopic (exact) mass is 324 g/mol. The first-order chi connectivity index (χ1) is 10.4. The van der Waals surface area contributed by atoms with Crippen LogP contribution in [0.2, 0.25) is 5.02 Å². The van der Waals surface area contributed by atoms with Crippen molar-refractivity contribution in [1.29, 1.82) is 0 Å². The summed E-state index contributed by atoms with van der Waals surface area (Å²) in [7, 11) is 0. The van der Waals surface area contributed by atoms with E-state index in [-0.39, 0.29) is 22.1 Å². The maximum absolute atomic E-state index is 12.8. The molecule has 0 saturated heterocycles. The number of fused-ring (bicyclic) bond motifs is 1. The lowest BCUT2D eigenvalue weighted by Crippen LogP contribution is -2.07. The first kappa shape index (κ1) is 14.7. The van der Waals surface area contributed by atoms with Crippen LogP contribution >= 0.6 is 11.6 Å². The summed E-state index contributed by atoms with van der Waals surface area (Å²) < 4.78 is 43.6. The molecule has 0 fully saturated rings. The third-order valence-electron chi connectivity index (χ3n) is 3.24. The molecule has 0 aliphatic heterocycles. The molecule has 0 saturated carbocycles. The van der Waals surface area contributed by atoms with Crippen LogP contribution in [0.15, 0.2) is 57.9 Å². The van der Waals surface area contributed by atoms with Gasteiger partial charge in [0.2, 0.25) is 0 Å². The van der Waals surface area contributed by atoms with Crippen LogP contribution in [0.1, 0.15) is 5.56 Å². The van der Waals surface area contributed by atoms with Gasteiger partial charge >= 0.3 is 6.18 Å². The molecule has 0 aliphatic rings. The number of hydrogen-bond donors (Lipinski definition) is 0. The molecule has 0 amide bonds. The van der Waals surface area contributed by atoms with Gasteiger partial charge in [-0.2, -0.15) is 13.2 Å². The highest BCUT2D eigenvalue weighted by Gasteiger charge is 2.30. The van der Waals surface area contributed by atoms with Crippen molar-refractivity contribution in [2.75, 3.05) is 0 Å². The fraction of sp³-hybridized carbons (Fsp3) is 0.0625. The van der Waals surface area contributed by atoms with Gasteiger partial charge < -0.3 is 4.42 Å². The first-order valence-corrected chi connectivity index (χ1v) is 6.63. The quantitative estimate of drug-likeness (QED) is 0.621. The fourth-order valence-electron chi connectivity index (χ4n) is 2.16. The summed E-state index contributed by atoms with van der Waals surface area (Å²) in [6, 6.07) is 9.05. The highest BCUT2D eigenvalue weighted by atomic mass is 35.5. The summed E-state index contributed by atoms with van der Waals surface area (Å²) >= 11 is 5.81. The topological polar surface area (TPSA) is 30.2 Å². The predicted molar refractivity (Wildman–Crippen MR) is 77.9 cm³/mol. The smallest absolute Gasteiger partial charge is 0.416 e. The Morgan fingerprint density at radius 2 is 1.82 bits per heavy atom. The molecule has 6 heteroatoms. The molecular formula is C16H8ClF3O2. The lowest BCUT2D eigenvalue weighted by molar-refractivity contribution is -0.137. The molecule has 22 heavy (non-hydrogen) atoms. The van der Waals surface area contributed by atoms with Gasteiger partial charge in [0, 0.05) is 11.1 Å². The van der Waals surface area contributed by atoms with E-state index in [0.717, 1.165) is 18.4 Å². The molecule has 0 spiro atoms. The van der Waals surface area contributed by atoms with Crippen LogP contribution < -0.4 is 5.43 Å². The van der Waals surface area contributed by atoms with E-state index in [1.165, 1.54) is 30.3 Å². The van der Waals surface area contributed by atoms with Gasteiger partial charge in [0.05, 0.1) is 16.5 Å². The third kappa shape index (κ3) is 2.60. The minimum atomic E-state index is -4.47. The molecular weight excluding hydrogens is 317 g/mol. The van der Waals surface area contributed by atoms with Crippen molar-refractivity contribution in [2.24, 2.45) is 0 Å². The molecule has 2 aromatic carbocycles. The molecule has 0 N–H and O–H groups in total. The van der Waals surface area contributed by atoms with Crippen molar-refractivity contribution < 1.29 is 17.6 Å². The highest BCUT2D eigenvalue weighted by Crippen LogP contribution is 2.32. The first-order valence-electron chi connectivity index (χ1n) is 6.25. The van der Waals surface area contributed by atoms with Crippen molar-refractivity contribution in [3.8, 4) is 11.1 Å². The van der Waals surface area contributed by atoms with Crippen LogP contribution in [0.25, 0.3) is 22.1 Å². The lowest BCUT2D eigenvalue weighted by atomic mass is 10.0. The average Bonchev–Trinajstić information content (AvgIpc) is 2.46. The Hall–Kier alpha value is -2.27. The molecule has 3 aromatic rings. The number of benzene rings is 2. The van der Waals surface area contributed by atoms with E-state index in [1.54, 1.807) is 0 Å². The maximum atomic E-state index is 12.8. The van der Waals surface area contributed by atoms with Crippen LogP contribution in [-0.4, -0.2) is 0 Å². The van der Waals surface area contributed by atoms with Gasteiger partial charge in [-0.25, -0.2) is 0 Å². The SMILES string of the molecule is O=c1c(-c2cccc(C(F)(F)F)c2)coc2cc(Cl)ccc12. The Balaban J connectivity index is 2.21. The van der Waals surface area contributed by atoms with Crippen molar-refractivity contribution in [1.82, 2.24) is 0 Å². The van der Waals surface area contributed by atoms with E-state index >= 15 is 0 Å². The second kappa shape index (κ2) is 5.18. The van der Waals surface area contributed by atoms with Crippen LogP contribution in [0.3, 0.4) is 0 Å². The maximum Gasteiger partial charge on any atom is 0.416 e. The molecule has 1 aromatic heterocycles. The van der Waals surface area contributed by atoms with Gasteiger partial charge in [0.15, 0.2) is 5.43 Å². The van der Waals surface area contributed by atoms with Crippen LogP contribution in [0.4, 0.5) is 13.2 Å². The Kier molecular flexibility index (Phi) is 3.45. The van der Waals surface area contributed by atoms with E-state index in [9.17, 15) is 18.0 Å². The number of hydrogen-bond acceptors (Lipinski definition) is 2. The molecule has 112 valence electrons. The minimum absolute atomic E-state index is 0.0703. The largest absolute Gasteiger partial charge is 0.463 e. The van der Waals surface area contributed by atoms with E-state index in [0.29, 0.717) is 5.02 Å². The molecule has 0 unspecified atom stereocenters. The van der Waals surface area contributed by atoms with Gasteiger partial charge in [-0.3, -0.25) is 4.79 Å². The average molecular weight is 325 g/mol. The van der Waals surface area contributed by atoms with Gasteiger partial charge in [-0.15, -0.1) is 0 Å². The number of rotatable bonds is 1. The molecule has 1 heterocycles. The van der Waals surface area contributed by atoms with E-state index < -0.39 is 17.2 Å². The molecule has 0 bridgehead atoms.